The van der Waals surface area contributed by atoms with Gasteiger partial charge in [-0.2, -0.15) is 0 Å². The Labute approximate surface area is 107 Å². The molecule has 1 aliphatic rings. The van der Waals surface area contributed by atoms with Crippen molar-refractivity contribution < 1.29 is 4.39 Å². The van der Waals surface area contributed by atoms with Crippen LogP contribution in [0.15, 0.2) is 18.2 Å². The highest BCUT2D eigenvalue weighted by Gasteiger charge is 2.37. The molecular weight excluding hydrogens is 237 g/mol. The van der Waals surface area contributed by atoms with Gasteiger partial charge in [-0.15, -0.1) is 0 Å². The van der Waals surface area contributed by atoms with E-state index >= 15 is 0 Å². The fourth-order valence-corrected chi connectivity index (χ4v) is 2.94. The second-order valence-electron chi connectivity index (χ2n) is 5.48. The molecule has 0 saturated heterocycles. The minimum absolute atomic E-state index is 0.276. The topological polar surface area (TPSA) is 26.0 Å². The lowest BCUT2D eigenvalue weighted by Crippen LogP contribution is -2.43. The Morgan fingerprint density at radius 1 is 1.35 bits per heavy atom. The van der Waals surface area contributed by atoms with Crippen LogP contribution in [-0.2, 0) is 5.54 Å². The van der Waals surface area contributed by atoms with E-state index in [1.54, 1.807) is 12.1 Å². The lowest BCUT2D eigenvalue weighted by Gasteiger charge is -2.40. The maximum absolute atomic E-state index is 13.9. The third kappa shape index (κ3) is 2.48. The van der Waals surface area contributed by atoms with E-state index in [-0.39, 0.29) is 5.82 Å². The van der Waals surface area contributed by atoms with E-state index in [1.807, 2.05) is 0 Å². The Bertz CT molecular complexity index is 421. The molecule has 94 valence electrons. The molecular formula is C14H19ClFN. The quantitative estimate of drug-likeness (QED) is 0.804. The van der Waals surface area contributed by atoms with Crippen LogP contribution in [0.25, 0.3) is 0 Å². The van der Waals surface area contributed by atoms with Crippen molar-refractivity contribution in [2.75, 3.05) is 0 Å². The van der Waals surface area contributed by atoms with Crippen LogP contribution < -0.4 is 5.73 Å². The molecule has 0 aromatic heterocycles. The van der Waals surface area contributed by atoms with Gasteiger partial charge in [0, 0.05) is 16.1 Å². The largest absolute Gasteiger partial charge is 0.321 e. The first-order chi connectivity index (χ1) is 7.92. The van der Waals surface area contributed by atoms with Gasteiger partial charge in [0.25, 0.3) is 0 Å². The molecule has 0 heterocycles. The summed E-state index contributed by atoms with van der Waals surface area (Å²) in [6, 6.07) is 4.81. The van der Waals surface area contributed by atoms with Gasteiger partial charge in [0.15, 0.2) is 0 Å². The van der Waals surface area contributed by atoms with Gasteiger partial charge in [0.1, 0.15) is 5.82 Å². The molecule has 1 aliphatic carbocycles. The summed E-state index contributed by atoms with van der Waals surface area (Å²) in [5, 5.41) is 0.423. The van der Waals surface area contributed by atoms with Crippen LogP contribution in [0.3, 0.4) is 0 Å². The summed E-state index contributed by atoms with van der Waals surface area (Å²) < 4.78 is 13.9. The Morgan fingerprint density at radius 2 is 2.06 bits per heavy atom. The van der Waals surface area contributed by atoms with Gasteiger partial charge in [0.2, 0.25) is 0 Å². The summed E-state index contributed by atoms with van der Waals surface area (Å²) in [5.74, 6) is 0.924. The molecule has 3 atom stereocenters. The smallest absolute Gasteiger partial charge is 0.129 e. The van der Waals surface area contributed by atoms with E-state index in [0.29, 0.717) is 22.4 Å². The molecule has 3 heteroatoms. The number of nitrogens with two attached hydrogens (primary N) is 1. The predicted octanol–water partition coefficient (Wildman–Crippen LogP) is 4.09. The molecule has 1 fully saturated rings. The van der Waals surface area contributed by atoms with E-state index in [0.717, 1.165) is 19.3 Å². The molecule has 0 aliphatic heterocycles. The van der Waals surface area contributed by atoms with Gasteiger partial charge in [-0.1, -0.05) is 31.5 Å². The highest BCUT2D eigenvalue weighted by atomic mass is 35.5. The Morgan fingerprint density at radius 3 is 2.65 bits per heavy atom. The highest BCUT2D eigenvalue weighted by molar-refractivity contribution is 6.30. The average molecular weight is 256 g/mol. The van der Waals surface area contributed by atoms with Crippen LogP contribution in [0, 0.1) is 17.7 Å². The van der Waals surface area contributed by atoms with E-state index in [9.17, 15) is 4.39 Å². The third-order valence-corrected chi connectivity index (χ3v) is 4.41. The highest BCUT2D eigenvalue weighted by Crippen LogP contribution is 2.41. The van der Waals surface area contributed by atoms with Crippen molar-refractivity contribution >= 4 is 11.6 Å². The number of halogens is 2. The summed E-state index contributed by atoms with van der Waals surface area (Å²) >= 11 is 5.77. The van der Waals surface area contributed by atoms with E-state index in [2.05, 4.69) is 13.8 Å². The Hall–Kier alpha value is -0.600. The lowest BCUT2D eigenvalue weighted by atomic mass is 9.69. The molecule has 2 N–H and O–H groups in total. The second-order valence-corrected chi connectivity index (χ2v) is 5.91. The zero-order valence-electron chi connectivity index (χ0n) is 10.3. The molecule has 1 nitrogen and oxygen atoms in total. The number of hydrogen-bond acceptors (Lipinski definition) is 1. The van der Waals surface area contributed by atoms with Crippen molar-refractivity contribution in [2.45, 2.75) is 38.6 Å². The molecule has 17 heavy (non-hydrogen) atoms. The molecule has 1 aromatic carbocycles. The van der Waals surface area contributed by atoms with Crippen molar-refractivity contribution in [1.29, 1.82) is 0 Å². The van der Waals surface area contributed by atoms with Crippen molar-refractivity contribution in [3.63, 3.8) is 0 Å². The maximum Gasteiger partial charge on any atom is 0.129 e. The first kappa shape index (κ1) is 12.8. The Kier molecular flexibility index (Phi) is 3.46. The number of rotatable bonds is 1. The van der Waals surface area contributed by atoms with Crippen LogP contribution in [-0.4, -0.2) is 0 Å². The van der Waals surface area contributed by atoms with Crippen molar-refractivity contribution in [2.24, 2.45) is 17.6 Å². The summed E-state index contributed by atoms with van der Waals surface area (Å²) in [6.45, 7) is 4.43. The first-order valence-corrected chi connectivity index (χ1v) is 6.54. The maximum atomic E-state index is 13.9. The SMILES string of the molecule is CC1CCC(N)(c2ccc(Cl)cc2F)CC1C. The van der Waals surface area contributed by atoms with Gasteiger partial charge in [0.05, 0.1) is 0 Å². The van der Waals surface area contributed by atoms with Crippen molar-refractivity contribution in [3.05, 3.63) is 34.6 Å². The summed E-state index contributed by atoms with van der Waals surface area (Å²) in [5.41, 5.74) is 6.49. The minimum atomic E-state index is -0.527. The van der Waals surface area contributed by atoms with Gasteiger partial charge in [-0.05, 0) is 43.2 Å². The normalized spacial score (nSPS) is 33.7. The second kappa shape index (κ2) is 4.58. The van der Waals surface area contributed by atoms with E-state index in [4.69, 9.17) is 17.3 Å². The van der Waals surface area contributed by atoms with Gasteiger partial charge >= 0.3 is 0 Å². The lowest BCUT2D eigenvalue weighted by molar-refractivity contribution is 0.173. The molecule has 1 aromatic rings. The fourth-order valence-electron chi connectivity index (χ4n) is 2.79. The molecule has 0 bridgehead atoms. The summed E-state index contributed by atoms with van der Waals surface area (Å²) in [7, 11) is 0. The first-order valence-electron chi connectivity index (χ1n) is 6.17. The van der Waals surface area contributed by atoms with Crippen molar-refractivity contribution in [3.8, 4) is 0 Å². The summed E-state index contributed by atoms with van der Waals surface area (Å²) in [6.07, 6.45) is 2.74. The molecule has 0 radical (unpaired) electrons. The van der Waals surface area contributed by atoms with E-state index < -0.39 is 5.54 Å². The van der Waals surface area contributed by atoms with Crippen LogP contribution in [0.4, 0.5) is 4.39 Å². The minimum Gasteiger partial charge on any atom is -0.321 e. The predicted molar refractivity (Wildman–Crippen MR) is 69.5 cm³/mol. The Balaban J connectivity index is 2.32. The van der Waals surface area contributed by atoms with Crippen molar-refractivity contribution in [1.82, 2.24) is 0 Å². The standard InChI is InChI=1S/C14H19ClFN/c1-9-5-6-14(17,8-10(9)2)12-4-3-11(15)7-13(12)16/h3-4,7,9-10H,5-6,8,17H2,1-2H3. The molecule has 2 rings (SSSR count). The van der Waals surface area contributed by atoms with Crippen LogP contribution >= 0.6 is 11.6 Å². The number of hydrogen-bond donors (Lipinski definition) is 1. The van der Waals surface area contributed by atoms with Gasteiger partial charge in [-0.25, -0.2) is 4.39 Å². The zero-order chi connectivity index (χ0) is 12.6. The number of benzene rings is 1. The average Bonchev–Trinajstić information content (AvgIpc) is 2.24. The molecule has 1 saturated carbocycles. The monoisotopic (exact) mass is 255 g/mol. The van der Waals surface area contributed by atoms with Gasteiger partial charge in [-0.3, -0.25) is 0 Å². The molecule has 0 spiro atoms. The molecule has 0 amide bonds. The van der Waals surface area contributed by atoms with Crippen LogP contribution in [0.1, 0.15) is 38.7 Å². The zero-order valence-corrected chi connectivity index (χ0v) is 11.1. The van der Waals surface area contributed by atoms with Crippen LogP contribution in [0.2, 0.25) is 5.02 Å². The van der Waals surface area contributed by atoms with Gasteiger partial charge < -0.3 is 5.73 Å². The fraction of sp³-hybridized carbons (Fsp3) is 0.571. The molecule has 3 unspecified atom stereocenters. The third-order valence-electron chi connectivity index (χ3n) is 4.17. The summed E-state index contributed by atoms with van der Waals surface area (Å²) in [4.78, 5) is 0. The van der Waals surface area contributed by atoms with Crippen LogP contribution in [0.5, 0.6) is 0 Å². The van der Waals surface area contributed by atoms with E-state index in [1.165, 1.54) is 6.07 Å².